The number of hydrogen-bond acceptors (Lipinski definition) is 12. The zero-order valence-electron chi connectivity index (χ0n) is 41.7. The molecular weight excluding hydrogens is 1040 g/mol. The van der Waals surface area contributed by atoms with E-state index in [0.29, 0.717) is 84.7 Å². The van der Waals surface area contributed by atoms with Crippen LogP contribution in [-0.4, -0.2) is 77.0 Å². The van der Waals surface area contributed by atoms with Gasteiger partial charge in [-0.25, -0.2) is 24.9 Å². The second kappa shape index (κ2) is 23.5. The second-order valence-electron chi connectivity index (χ2n) is 17.6. The van der Waals surface area contributed by atoms with E-state index in [1.165, 1.54) is 24.5 Å². The molecule has 0 radical (unpaired) electrons. The summed E-state index contributed by atoms with van der Waals surface area (Å²) in [5, 5.41) is 20.2. The van der Waals surface area contributed by atoms with Crippen molar-refractivity contribution in [2.75, 3.05) is 45.5 Å². The molecule has 0 aliphatic carbocycles. The van der Waals surface area contributed by atoms with E-state index in [-0.39, 0.29) is 29.6 Å². The number of H-pyrrole nitrogens is 2. The molecule has 5 aromatic heterocycles. The fourth-order valence-corrected chi connectivity index (χ4v) is 8.51. The van der Waals surface area contributed by atoms with Crippen LogP contribution in [0.3, 0.4) is 0 Å². The van der Waals surface area contributed by atoms with Crippen LogP contribution in [0.1, 0.15) is 26.3 Å². The van der Waals surface area contributed by atoms with Gasteiger partial charge in [0, 0.05) is 123 Å². The van der Waals surface area contributed by atoms with Crippen LogP contribution in [0.5, 0.6) is 0 Å². The monoisotopic (exact) mass is 1080 g/mol. The highest BCUT2D eigenvalue weighted by Gasteiger charge is 2.16. The minimum Gasteiger partial charge on any atom is -0.360 e. The van der Waals surface area contributed by atoms with Crippen molar-refractivity contribution in [3.8, 4) is 35.0 Å². The summed E-state index contributed by atoms with van der Waals surface area (Å²) in [5.41, 5.74) is 8.63. The smallest absolute Gasteiger partial charge is 0.255 e. The van der Waals surface area contributed by atoms with E-state index >= 15 is 0 Å². The number of halogens is 2. The van der Waals surface area contributed by atoms with Crippen LogP contribution in [0.4, 0.5) is 46.0 Å². The van der Waals surface area contributed by atoms with Crippen LogP contribution in [0.2, 0.25) is 10.0 Å². The first kappa shape index (κ1) is 51.9. The van der Waals surface area contributed by atoms with Crippen molar-refractivity contribution in [3.05, 3.63) is 203 Å². The fourth-order valence-electron chi connectivity index (χ4n) is 8.12. The number of benzene rings is 5. The summed E-state index contributed by atoms with van der Waals surface area (Å²) in [6.45, 7) is 0.408. The van der Waals surface area contributed by atoms with Crippen molar-refractivity contribution in [2.24, 2.45) is 0 Å². The van der Waals surface area contributed by atoms with Gasteiger partial charge in [0.2, 0.25) is 23.7 Å². The van der Waals surface area contributed by atoms with Gasteiger partial charge in [0.25, 0.3) is 11.8 Å². The van der Waals surface area contributed by atoms with Crippen LogP contribution in [0.15, 0.2) is 177 Å². The van der Waals surface area contributed by atoms with Gasteiger partial charge >= 0.3 is 0 Å². The highest BCUT2D eigenvalue weighted by atomic mass is 35.5. The molecule has 0 saturated carbocycles. The summed E-state index contributed by atoms with van der Waals surface area (Å²) in [5.74, 6) is -0.913. The third-order valence-electron chi connectivity index (χ3n) is 12.0. The molecule has 0 fully saturated rings. The SMILES string of the molecule is C#CN(C)C/C=C/C(=O)Nc1cccc(C(=O)Nc2cccc(Nc3ncc(Cl)c(-c4c[nH]c5ccc(/C=C\C(=O)Nc6ccc(C(=O)Nc7cccc(Nc8ncc(Cl)c(-c9cnc%10[nH]ccc%10c9)n8)c7)cc6)cc45)n3)c2)c1. The van der Waals surface area contributed by atoms with Crippen molar-refractivity contribution in [1.29, 1.82) is 0 Å². The van der Waals surface area contributed by atoms with E-state index in [2.05, 4.69) is 67.8 Å². The van der Waals surface area contributed by atoms with Crippen LogP contribution in [0, 0.1) is 12.5 Å². The minimum absolute atomic E-state index is 0.252. The van der Waals surface area contributed by atoms with Gasteiger partial charge < -0.3 is 46.8 Å². The number of fused-ring (bicyclic) bond motifs is 2. The summed E-state index contributed by atoms with van der Waals surface area (Å²) in [4.78, 5) is 82.6. The molecule has 5 heterocycles. The molecule has 0 aliphatic heterocycles. The predicted octanol–water partition coefficient (Wildman–Crippen LogP) is 11.9. The summed E-state index contributed by atoms with van der Waals surface area (Å²) < 4.78 is 0. The zero-order chi connectivity index (χ0) is 54.8. The molecule has 79 heavy (non-hydrogen) atoms. The van der Waals surface area contributed by atoms with Crippen LogP contribution in [-0.2, 0) is 9.59 Å². The molecule has 18 nitrogen and oxygen atoms in total. The highest BCUT2D eigenvalue weighted by molar-refractivity contribution is 6.33. The summed E-state index contributed by atoms with van der Waals surface area (Å²) in [6, 6.07) is 39.3. The van der Waals surface area contributed by atoms with Gasteiger partial charge in [0.15, 0.2) is 0 Å². The number of nitrogens with one attached hydrogen (secondary N) is 8. The van der Waals surface area contributed by atoms with Crippen LogP contribution >= 0.6 is 23.2 Å². The van der Waals surface area contributed by atoms with Crippen molar-refractivity contribution in [1.82, 2.24) is 39.8 Å². The highest BCUT2D eigenvalue weighted by Crippen LogP contribution is 2.34. The van der Waals surface area contributed by atoms with E-state index in [0.717, 1.165) is 33.1 Å². The van der Waals surface area contributed by atoms with Gasteiger partial charge in [0.05, 0.1) is 33.8 Å². The molecular formula is C59H44Cl2N14O4. The molecule has 10 rings (SSSR count). The Bertz CT molecular complexity index is 4070. The Morgan fingerprint density at radius 1 is 0.620 bits per heavy atom. The lowest BCUT2D eigenvalue weighted by Gasteiger charge is -2.11. The maximum atomic E-state index is 13.3. The fraction of sp³-hybridized carbons (Fsp3) is 0.0339. The Morgan fingerprint density at radius 3 is 1.95 bits per heavy atom. The van der Waals surface area contributed by atoms with Gasteiger partial charge in [-0.3, -0.25) is 19.2 Å². The second-order valence-corrected chi connectivity index (χ2v) is 18.4. The van der Waals surface area contributed by atoms with Crippen molar-refractivity contribution in [3.63, 3.8) is 0 Å². The Labute approximate surface area is 461 Å². The number of hydrogen-bond donors (Lipinski definition) is 8. The molecule has 0 bridgehead atoms. The average Bonchev–Trinajstić information content (AvgIpc) is 4.24. The largest absolute Gasteiger partial charge is 0.360 e. The standard InChI is InChI=1S/C59H44Cl2N14O4/c1-3-75(2)25-7-14-51(76)68-41-9-4-8-38(28-41)57(79)70-43-11-6-13-45(30-43)72-59-66-34-49(61)54(74-59)47-32-63-50-21-15-35(26-46(47)50)16-22-52(77)67-40-19-17-36(18-20-40)56(78)69-42-10-5-12-44(29-42)71-58-65-33-48(60)53(73-58)39-27-37-23-24-62-55(37)64-31-39/h1,4-24,26-34,63H,25H2,2H3,(H,62,64)(H,67,77)(H,68,76)(H,69,78)(H,70,79)(H,65,71,73)(H,66,72,74)/b14-7+,22-16-. The maximum absolute atomic E-state index is 13.3. The number of amides is 4. The molecule has 5 aromatic carbocycles. The summed E-state index contributed by atoms with van der Waals surface area (Å²) >= 11 is 13.2. The molecule has 20 heteroatoms. The summed E-state index contributed by atoms with van der Waals surface area (Å²) in [7, 11) is 1.73. The van der Waals surface area contributed by atoms with E-state index in [4.69, 9.17) is 34.6 Å². The van der Waals surface area contributed by atoms with E-state index in [9.17, 15) is 19.2 Å². The van der Waals surface area contributed by atoms with E-state index < -0.39 is 0 Å². The lowest BCUT2D eigenvalue weighted by Crippen LogP contribution is -2.14. The molecule has 0 saturated heterocycles. The number of carbonyl (C=O) groups excluding carboxylic acids is 4. The first-order chi connectivity index (χ1) is 38.4. The lowest BCUT2D eigenvalue weighted by molar-refractivity contribution is -0.112. The molecule has 0 spiro atoms. The zero-order valence-corrected chi connectivity index (χ0v) is 43.2. The molecule has 10 aromatic rings. The Hall–Kier alpha value is -10.6. The number of likely N-dealkylation sites (N-methyl/N-ethyl adjacent to an activating group) is 1. The third kappa shape index (κ3) is 12.9. The molecule has 0 atom stereocenters. The minimum atomic E-state index is -0.384. The van der Waals surface area contributed by atoms with Gasteiger partial charge in [-0.05, 0) is 115 Å². The predicted molar refractivity (Wildman–Crippen MR) is 312 cm³/mol. The molecule has 0 aliphatic rings. The topological polar surface area (TPSA) is 240 Å². The van der Waals surface area contributed by atoms with Gasteiger partial charge in [-0.2, -0.15) is 0 Å². The van der Waals surface area contributed by atoms with E-state index in [1.807, 2.05) is 42.6 Å². The summed E-state index contributed by atoms with van der Waals surface area (Å²) in [6.07, 6.45) is 19.8. The number of carbonyl (C=O) groups is 4. The van der Waals surface area contributed by atoms with E-state index in [1.54, 1.807) is 127 Å². The Balaban J connectivity index is 0.736. The number of nitrogens with zero attached hydrogens (tertiary/aromatic N) is 6. The number of anilines is 8. The number of aromatic amines is 2. The number of pyridine rings is 1. The number of terminal acetylenes is 1. The maximum Gasteiger partial charge on any atom is 0.255 e. The Kier molecular flexibility index (Phi) is 15.4. The molecule has 0 unspecified atom stereocenters. The lowest BCUT2D eigenvalue weighted by atomic mass is 10.1. The average molecular weight is 1080 g/mol. The molecule has 4 amide bonds. The molecule has 388 valence electrons. The van der Waals surface area contributed by atoms with Gasteiger partial charge in [-0.1, -0.05) is 60.0 Å². The van der Waals surface area contributed by atoms with Gasteiger partial charge in [0.1, 0.15) is 5.65 Å². The van der Waals surface area contributed by atoms with Crippen LogP contribution in [0.25, 0.3) is 50.5 Å². The van der Waals surface area contributed by atoms with Gasteiger partial charge in [-0.15, -0.1) is 0 Å². The van der Waals surface area contributed by atoms with Crippen LogP contribution < -0.4 is 31.9 Å². The van der Waals surface area contributed by atoms with Crippen molar-refractivity contribution in [2.45, 2.75) is 0 Å². The third-order valence-corrected chi connectivity index (χ3v) is 12.5. The quantitative estimate of drug-likeness (QED) is 0.0241. The first-order valence-corrected chi connectivity index (χ1v) is 25.0. The first-order valence-electron chi connectivity index (χ1n) is 24.2. The molecule has 8 N–H and O–H groups in total. The number of rotatable bonds is 17. The normalized spacial score (nSPS) is 11.1. The number of aromatic nitrogens is 7. The van der Waals surface area contributed by atoms with Crippen molar-refractivity contribution < 1.29 is 19.2 Å². The Morgan fingerprint density at radius 2 is 1.24 bits per heavy atom. The van der Waals surface area contributed by atoms with Crippen molar-refractivity contribution >= 4 is 121 Å².